The van der Waals surface area contributed by atoms with Crippen LogP contribution in [0.1, 0.15) is 48.8 Å². The highest BCUT2D eigenvalue weighted by Gasteiger charge is 2.27. The van der Waals surface area contributed by atoms with Gasteiger partial charge in [-0.15, -0.1) is 5.10 Å². The molecule has 1 fully saturated rings. The van der Waals surface area contributed by atoms with Crippen LogP contribution in [0.15, 0.2) is 55.5 Å². The number of carbonyl (C=O) groups excluding carboxylic acids is 2. The van der Waals surface area contributed by atoms with Gasteiger partial charge in [-0.3, -0.25) is 14.6 Å². The van der Waals surface area contributed by atoms with E-state index < -0.39 is 0 Å². The first-order chi connectivity index (χ1) is 17.2. The molecule has 2 amide bonds. The molecule has 36 heavy (non-hydrogen) atoms. The number of aromatic nitrogens is 4. The average Bonchev–Trinajstić information content (AvgIpc) is 3.53. The molecular formula is C27H32N6O3. The Bertz CT molecular complexity index is 1280. The summed E-state index contributed by atoms with van der Waals surface area (Å²) in [4.78, 5) is 30.4. The maximum atomic E-state index is 12.6. The molecule has 188 valence electrons. The predicted molar refractivity (Wildman–Crippen MR) is 136 cm³/mol. The van der Waals surface area contributed by atoms with Gasteiger partial charge < -0.3 is 15.0 Å². The molecular weight excluding hydrogens is 456 g/mol. The molecule has 2 aromatic heterocycles. The molecule has 0 radical (unpaired) electrons. The third-order valence-electron chi connectivity index (χ3n) is 6.22. The van der Waals surface area contributed by atoms with Crippen molar-refractivity contribution in [1.82, 2.24) is 30.2 Å². The molecule has 0 saturated carbocycles. The van der Waals surface area contributed by atoms with Crippen molar-refractivity contribution < 1.29 is 14.3 Å². The molecule has 0 aliphatic carbocycles. The van der Waals surface area contributed by atoms with Gasteiger partial charge in [-0.1, -0.05) is 30.0 Å². The van der Waals surface area contributed by atoms with Gasteiger partial charge in [-0.05, 0) is 56.5 Å². The number of ether oxygens (including phenoxy) is 1. The second-order valence-corrected chi connectivity index (χ2v) is 9.93. The van der Waals surface area contributed by atoms with Crippen molar-refractivity contribution in [2.75, 3.05) is 13.1 Å². The lowest BCUT2D eigenvalue weighted by Gasteiger charge is -2.18. The number of rotatable bonds is 7. The highest BCUT2D eigenvalue weighted by molar-refractivity contribution is 5.91. The molecule has 9 nitrogen and oxygen atoms in total. The second-order valence-electron chi connectivity index (χ2n) is 9.93. The van der Waals surface area contributed by atoms with Gasteiger partial charge in [0.25, 0.3) is 5.91 Å². The van der Waals surface area contributed by atoms with Gasteiger partial charge in [0.2, 0.25) is 5.91 Å². The van der Waals surface area contributed by atoms with E-state index >= 15 is 0 Å². The normalized spacial score (nSPS) is 15.6. The first-order valence-corrected chi connectivity index (χ1v) is 12.0. The Morgan fingerprint density at radius 2 is 2.08 bits per heavy atom. The smallest absolute Gasteiger partial charge is 0.273 e. The van der Waals surface area contributed by atoms with Crippen LogP contribution in [-0.4, -0.2) is 55.9 Å². The average molecular weight is 489 g/mol. The van der Waals surface area contributed by atoms with Crippen molar-refractivity contribution in [1.29, 1.82) is 0 Å². The van der Waals surface area contributed by atoms with E-state index in [0.29, 0.717) is 25.4 Å². The van der Waals surface area contributed by atoms with Gasteiger partial charge in [0.15, 0.2) is 5.69 Å². The minimum atomic E-state index is -0.265. The molecule has 1 unspecified atom stereocenters. The molecule has 9 heteroatoms. The monoisotopic (exact) mass is 488 g/mol. The number of nitrogens with zero attached hydrogens (tertiary/aromatic N) is 5. The van der Waals surface area contributed by atoms with Crippen LogP contribution < -0.4 is 10.1 Å². The van der Waals surface area contributed by atoms with Crippen molar-refractivity contribution >= 4 is 11.8 Å². The van der Waals surface area contributed by atoms with Crippen molar-refractivity contribution in [3.05, 3.63) is 72.3 Å². The molecule has 1 atom stereocenters. The summed E-state index contributed by atoms with van der Waals surface area (Å²) in [6.07, 6.45) is 7.10. The van der Waals surface area contributed by atoms with E-state index in [0.717, 1.165) is 28.7 Å². The van der Waals surface area contributed by atoms with Gasteiger partial charge in [0.05, 0.1) is 24.5 Å². The molecule has 0 bridgehead atoms. The zero-order chi connectivity index (χ0) is 25.9. The largest absolute Gasteiger partial charge is 0.486 e. The third-order valence-corrected chi connectivity index (χ3v) is 6.22. The van der Waals surface area contributed by atoms with E-state index in [4.69, 9.17) is 4.74 Å². The summed E-state index contributed by atoms with van der Waals surface area (Å²) in [6.45, 7) is 13.1. The summed E-state index contributed by atoms with van der Waals surface area (Å²) >= 11 is 0. The van der Waals surface area contributed by atoms with Crippen molar-refractivity contribution in [3.8, 4) is 16.9 Å². The van der Waals surface area contributed by atoms with Crippen LogP contribution in [0.3, 0.4) is 0 Å². The number of amides is 2. The Labute approximate surface area is 211 Å². The fourth-order valence-corrected chi connectivity index (χ4v) is 4.07. The summed E-state index contributed by atoms with van der Waals surface area (Å²) in [5.74, 6) is 0.335. The number of pyridine rings is 1. The van der Waals surface area contributed by atoms with E-state index in [-0.39, 0.29) is 29.2 Å². The summed E-state index contributed by atoms with van der Waals surface area (Å²) in [5, 5.41) is 11.0. The molecule has 4 rings (SSSR count). The lowest BCUT2D eigenvalue weighted by Crippen LogP contribution is -2.29. The molecule has 1 aliphatic rings. The fourth-order valence-electron chi connectivity index (χ4n) is 4.07. The third kappa shape index (κ3) is 5.62. The number of likely N-dealkylation sites (tertiary alicyclic amines) is 1. The summed E-state index contributed by atoms with van der Waals surface area (Å²) in [7, 11) is 0. The van der Waals surface area contributed by atoms with Gasteiger partial charge in [-0.25, -0.2) is 4.68 Å². The highest BCUT2D eigenvalue weighted by Crippen LogP contribution is 2.32. The van der Waals surface area contributed by atoms with Crippen LogP contribution in [0.2, 0.25) is 0 Å². The standard InChI is InChI=1S/C27H32N6O3/c1-6-25(34)32-12-10-21(16-32)36-24-15-28-11-9-22(24)19-7-8-20(18(2)13-19)14-29-26(35)23-17-33(31-30-23)27(3,4)5/h6-9,11,13,15,17,21H,1,10,12,14,16H2,2-5H3,(H,29,35). The number of hydrogen-bond acceptors (Lipinski definition) is 6. The molecule has 3 heterocycles. The van der Waals surface area contributed by atoms with Crippen molar-refractivity contribution in [2.24, 2.45) is 0 Å². The quantitative estimate of drug-likeness (QED) is 0.511. The first-order valence-electron chi connectivity index (χ1n) is 12.0. The first kappa shape index (κ1) is 25.1. The fraction of sp³-hybridized carbons (Fsp3) is 0.370. The van der Waals surface area contributed by atoms with E-state index in [1.54, 1.807) is 28.2 Å². The van der Waals surface area contributed by atoms with Crippen molar-refractivity contribution in [3.63, 3.8) is 0 Å². The Morgan fingerprint density at radius 3 is 2.78 bits per heavy atom. The molecule has 1 aromatic carbocycles. The molecule has 0 spiro atoms. The number of carbonyl (C=O) groups is 2. The van der Waals surface area contributed by atoms with Gasteiger partial charge in [0, 0.05) is 31.3 Å². The molecule has 3 aromatic rings. The van der Waals surface area contributed by atoms with Crippen LogP contribution in [0.4, 0.5) is 0 Å². The minimum absolute atomic E-state index is 0.0790. The van der Waals surface area contributed by atoms with Crippen LogP contribution in [0, 0.1) is 6.92 Å². The second kappa shape index (κ2) is 10.3. The zero-order valence-corrected chi connectivity index (χ0v) is 21.2. The number of benzene rings is 1. The van der Waals surface area contributed by atoms with Crippen LogP contribution in [0.25, 0.3) is 11.1 Å². The van der Waals surface area contributed by atoms with Crippen LogP contribution >= 0.6 is 0 Å². The Morgan fingerprint density at radius 1 is 1.28 bits per heavy atom. The number of hydrogen-bond donors (Lipinski definition) is 1. The molecule has 1 N–H and O–H groups in total. The Balaban J connectivity index is 1.43. The van der Waals surface area contributed by atoms with E-state index in [9.17, 15) is 9.59 Å². The van der Waals surface area contributed by atoms with Crippen molar-refractivity contribution in [2.45, 2.75) is 52.3 Å². The maximum Gasteiger partial charge on any atom is 0.273 e. The van der Waals surface area contributed by atoms with Gasteiger partial charge in [-0.2, -0.15) is 0 Å². The Hall–Kier alpha value is -4.01. The zero-order valence-electron chi connectivity index (χ0n) is 21.2. The minimum Gasteiger partial charge on any atom is -0.486 e. The summed E-state index contributed by atoms with van der Waals surface area (Å²) in [5.41, 5.74) is 4.01. The predicted octanol–water partition coefficient (Wildman–Crippen LogP) is 3.50. The topological polar surface area (TPSA) is 102 Å². The lowest BCUT2D eigenvalue weighted by atomic mass is 10.00. The van der Waals surface area contributed by atoms with Crippen LogP contribution in [-0.2, 0) is 16.9 Å². The SMILES string of the molecule is C=CC(=O)N1CCC(Oc2cnccc2-c2ccc(CNC(=O)c3cn(C(C)(C)C)nn3)c(C)c2)C1. The van der Waals surface area contributed by atoms with Gasteiger partial charge >= 0.3 is 0 Å². The number of nitrogens with one attached hydrogen (secondary N) is 1. The van der Waals surface area contributed by atoms with E-state index in [1.807, 2.05) is 45.9 Å². The lowest BCUT2D eigenvalue weighted by molar-refractivity contribution is -0.125. The van der Waals surface area contributed by atoms with Crippen LogP contribution in [0.5, 0.6) is 5.75 Å². The summed E-state index contributed by atoms with van der Waals surface area (Å²) < 4.78 is 7.92. The highest BCUT2D eigenvalue weighted by atomic mass is 16.5. The number of aryl methyl sites for hydroxylation is 1. The Kier molecular flexibility index (Phi) is 7.19. The maximum absolute atomic E-state index is 12.6. The van der Waals surface area contributed by atoms with E-state index in [2.05, 4.69) is 33.3 Å². The summed E-state index contributed by atoms with van der Waals surface area (Å²) in [6, 6.07) is 8.00. The molecule has 1 saturated heterocycles. The molecule has 1 aliphatic heterocycles. The van der Waals surface area contributed by atoms with Gasteiger partial charge in [0.1, 0.15) is 11.9 Å². The van der Waals surface area contributed by atoms with E-state index in [1.165, 1.54) is 6.08 Å².